The molecule has 2 unspecified atom stereocenters. The zero-order valence-electron chi connectivity index (χ0n) is 18.2. The highest BCUT2D eigenvalue weighted by Crippen LogP contribution is 2.54. The molecule has 0 bridgehead atoms. The number of benzene rings is 3. The standard InChI is InChI=1S/C26H19BrFN3O4/c27-14-2-1-3-16(11-14)31-23(33)21-20(10-13-4-7-17(32)8-5-13)30-26(22(21)24(31)34)18-12-15(28)6-9-19(18)29-25(26)35/h1-9,11-12,20-22,30,32H,10H2,(H,29,35)/t20?,21-,22+,26?/m0/s1. The maximum atomic E-state index is 14.4. The van der Waals surface area contributed by atoms with Crippen LogP contribution in [0.2, 0.25) is 0 Å². The van der Waals surface area contributed by atoms with Gasteiger partial charge in [-0.05, 0) is 60.5 Å². The molecular weight excluding hydrogens is 517 g/mol. The van der Waals surface area contributed by atoms with Crippen LogP contribution in [0.15, 0.2) is 71.2 Å². The van der Waals surface area contributed by atoms with Gasteiger partial charge in [-0.25, -0.2) is 9.29 Å². The Kier molecular flexibility index (Phi) is 4.84. The van der Waals surface area contributed by atoms with E-state index in [4.69, 9.17) is 0 Å². The average molecular weight is 536 g/mol. The van der Waals surface area contributed by atoms with Crippen LogP contribution in [0, 0.1) is 17.7 Å². The number of phenolic OH excluding ortho intramolecular Hbond substituents is 1. The van der Waals surface area contributed by atoms with Crippen LogP contribution >= 0.6 is 15.9 Å². The molecule has 2 fully saturated rings. The van der Waals surface area contributed by atoms with Gasteiger partial charge in [-0.2, -0.15) is 0 Å². The first-order valence-corrected chi connectivity index (χ1v) is 11.9. The molecule has 7 nitrogen and oxygen atoms in total. The lowest BCUT2D eigenvalue weighted by Crippen LogP contribution is -2.53. The van der Waals surface area contributed by atoms with Crippen LogP contribution in [0.3, 0.4) is 0 Å². The van der Waals surface area contributed by atoms with Crippen molar-refractivity contribution in [2.24, 2.45) is 11.8 Å². The molecule has 3 aliphatic rings. The number of imide groups is 1. The molecule has 0 aromatic heterocycles. The number of carbonyl (C=O) groups is 3. The van der Waals surface area contributed by atoms with E-state index in [1.807, 2.05) is 0 Å². The predicted octanol–water partition coefficient (Wildman–Crippen LogP) is 3.46. The van der Waals surface area contributed by atoms with E-state index in [0.29, 0.717) is 27.8 Å². The summed E-state index contributed by atoms with van der Waals surface area (Å²) < 4.78 is 15.1. The number of amides is 3. The number of phenols is 1. The first kappa shape index (κ1) is 21.9. The maximum Gasteiger partial charge on any atom is 0.250 e. The van der Waals surface area contributed by atoms with Crippen molar-refractivity contribution in [3.63, 3.8) is 0 Å². The molecule has 3 aromatic carbocycles. The van der Waals surface area contributed by atoms with Crippen LogP contribution in [0.5, 0.6) is 5.75 Å². The molecular formula is C26H19BrFN3O4. The fraction of sp³-hybridized carbons (Fsp3) is 0.192. The first-order valence-electron chi connectivity index (χ1n) is 11.1. The van der Waals surface area contributed by atoms with E-state index in [2.05, 4.69) is 26.6 Å². The van der Waals surface area contributed by atoms with Gasteiger partial charge in [0.1, 0.15) is 17.1 Å². The van der Waals surface area contributed by atoms with Crippen molar-refractivity contribution in [3.8, 4) is 5.75 Å². The second-order valence-electron chi connectivity index (χ2n) is 9.07. The Bertz CT molecular complexity index is 1410. The highest BCUT2D eigenvalue weighted by Gasteiger charge is 2.70. The minimum Gasteiger partial charge on any atom is -0.508 e. The van der Waals surface area contributed by atoms with Crippen LogP contribution in [-0.4, -0.2) is 28.9 Å². The summed E-state index contributed by atoms with van der Waals surface area (Å²) in [5.74, 6) is -3.75. The SMILES string of the molecule is O=C1[C@H]2C(Cc3ccc(O)cc3)NC3(C(=O)Nc4ccc(F)cc43)[C@H]2C(=O)N1c1cccc(Br)c1. The molecule has 0 aliphatic carbocycles. The summed E-state index contributed by atoms with van der Waals surface area (Å²) in [6.45, 7) is 0. The Morgan fingerprint density at radius 3 is 2.51 bits per heavy atom. The van der Waals surface area contributed by atoms with E-state index < -0.39 is 47.0 Å². The number of anilines is 2. The molecule has 9 heteroatoms. The minimum absolute atomic E-state index is 0.106. The van der Waals surface area contributed by atoms with E-state index in [1.54, 1.807) is 48.5 Å². The van der Waals surface area contributed by atoms with Gasteiger partial charge in [0.2, 0.25) is 17.7 Å². The molecule has 0 radical (unpaired) electrons. The lowest BCUT2D eigenvalue weighted by atomic mass is 9.76. The number of rotatable bonds is 3. The molecule has 0 saturated carbocycles. The average Bonchev–Trinajstić information content (AvgIpc) is 3.40. The molecule has 3 aliphatic heterocycles. The topological polar surface area (TPSA) is 98.7 Å². The second-order valence-corrected chi connectivity index (χ2v) is 9.98. The van der Waals surface area contributed by atoms with Crippen molar-refractivity contribution in [3.05, 3.63) is 88.1 Å². The first-order chi connectivity index (χ1) is 16.8. The maximum absolute atomic E-state index is 14.4. The molecule has 3 amide bonds. The zero-order chi connectivity index (χ0) is 24.5. The Labute approximate surface area is 208 Å². The van der Waals surface area contributed by atoms with Gasteiger partial charge in [-0.15, -0.1) is 0 Å². The fourth-order valence-electron chi connectivity index (χ4n) is 5.70. The molecule has 3 N–H and O–H groups in total. The van der Waals surface area contributed by atoms with Crippen molar-refractivity contribution in [1.29, 1.82) is 0 Å². The summed E-state index contributed by atoms with van der Waals surface area (Å²) in [6, 6.07) is 16.8. The quantitative estimate of drug-likeness (QED) is 0.446. The van der Waals surface area contributed by atoms with Crippen molar-refractivity contribution in [1.82, 2.24) is 5.32 Å². The van der Waals surface area contributed by atoms with Gasteiger partial charge < -0.3 is 10.4 Å². The molecule has 176 valence electrons. The van der Waals surface area contributed by atoms with Crippen molar-refractivity contribution >= 4 is 45.0 Å². The lowest BCUT2D eigenvalue weighted by molar-refractivity contribution is -0.130. The van der Waals surface area contributed by atoms with Gasteiger partial charge in [0.05, 0.1) is 17.5 Å². The number of hydrogen-bond donors (Lipinski definition) is 3. The number of hydrogen-bond acceptors (Lipinski definition) is 5. The summed E-state index contributed by atoms with van der Waals surface area (Å²) in [5, 5.41) is 15.7. The van der Waals surface area contributed by atoms with Gasteiger partial charge in [0.15, 0.2) is 0 Å². The van der Waals surface area contributed by atoms with Gasteiger partial charge >= 0.3 is 0 Å². The Morgan fingerprint density at radius 1 is 1.00 bits per heavy atom. The Morgan fingerprint density at radius 2 is 1.77 bits per heavy atom. The second kappa shape index (κ2) is 7.73. The van der Waals surface area contributed by atoms with Crippen molar-refractivity contribution in [2.45, 2.75) is 18.0 Å². The van der Waals surface area contributed by atoms with Gasteiger partial charge in [0, 0.05) is 21.8 Å². The van der Waals surface area contributed by atoms with Gasteiger partial charge in [0.25, 0.3) is 0 Å². The number of halogens is 2. The zero-order valence-corrected chi connectivity index (χ0v) is 19.8. The highest BCUT2D eigenvalue weighted by molar-refractivity contribution is 9.10. The van der Waals surface area contributed by atoms with Crippen LogP contribution in [0.25, 0.3) is 0 Å². The number of fused-ring (bicyclic) bond motifs is 4. The number of aromatic hydroxyl groups is 1. The van der Waals surface area contributed by atoms with E-state index in [-0.39, 0.29) is 5.75 Å². The lowest BCUT2D eigenvalue weighted by Gasteiger charge is -2.29. The monoisotopic (exact) mass is 535 g/mol. The van der Waals surface area contributed by atoms with E-state index >= 15 is 0 Å². The largest absolute Gasteiger partial charge is 0.508 e. The third kappa shape index (κ3) is 3.15. The summed E-state index contributed by atoms with van der Waals surface area (Å²) >= 11 is 3.38. The summed E-state index contributed by atoms with van der Waals surface area (Å²) in [7, 11) is 0. The summed E-state index contributed by atoms with van der Waals surface area (Å²) in [6.07, 6.45) is 0.326. The minimum atomic E-state index is -1.59. The van der Waals surface area contributed by atoms with E-state index in [1.165, 1.54) is 18.2 Å². The Hall–Kier alpha value is -3.56. The molecule has 3 heterocycles. The molecule has 2 saturated heterocycles. The normalized spacial score (nSPS) is 26.9. The third-order valence-corrected chi connectivity index (χ3v) is 7.63. The Balaban J connectivity index is 1.50. The van der Waals surface area contributed by atoms with Gasteiger partial charge in [-0.3, -0.25) is 19.7 Å². The van der Waals surface area contributed by atoms with Crippen molar-refractivity contribution < 1.29 is 23.9 Å². The van der Waals surface area contributed by atoms with E-state index in [0.717, 1.165) is 10.5 Å². The fourth-order valence-corrected chi connectivity index (χ4v) is 6.09. The molecule has 4 atom stereocenters. The number of nitrogens with zero attached hydrogens (tertiary/aromatic N) is 1. The summed E-state index contributed by atoms with van der Waals surface area (Å²) in [4.78, 5) is 42.3. The highest BCUT2D eigenvalue weighted by atomic mass is 79.9. The van der Waals surface area contributed by atoms with Crippen molar-refractivity contribution in [2.75, 3.05) is 10.2 Å². The number of carbonyl (C=O) groups excluding carboxylic acids is 3. The van der Waals surface area contributed by atoms with Crippen LogP contribution in [0.4, 0.5) is 15.8 Å². The predicted molar refractivity (Wildman–Crippen MR) is 129 cm³/mol. The smallest absolute Gasteiger partial charge is 0.250 e. The summed E-state index contributed by atoms with van der Waals surface area (Å²) in [5.41, 5.74) is 0.365. The third-order valence-electron chi connectivity index (χ3n) is 7.14. The van der Waals surface area contributed by atoms with Gasteiger partial charge in [-0.1, -0.05) is 34.1 Å². The molecule has 1 spiro atoms. The van der Waals surface area contributed by atoms with Crippen LogP contribution in [-0.2, 0) is 26.3 Å². The number of nitrogens with one attached hydrogen (secondary N) is 2. The van der Waals surface area contributed by atoms with Crippen LogP contribution < -0.4 is 15.5 Å². The molecule has 35 heavy (non-hydrogen) atoms. The molecule has 3 aromatic rings. The van der Waals surface area contributed by atoms with Crippen LogP contribution in [0.1, 0.15) is 11.1 Å². The molecule has 6 rings (SSSR count). The van der Waals surface area contributed by atoms with E-state index in [9.17, 15) is 23.9 Å².